The van der Waals surface area contributed by atoms with Crippen LogP contribution in [0.2, 0.25) is 0 Å². The number of aromatic amines is 1. The summed E-state index contributed by atoms with van der Waals surface area (Å²) in [5, 5.41) is 0.879. The minimum absolute atomic E-state index is 0.374. The van der Waals surface area contributed by atoms with Gasteiger partial charge in [-0.1, -0.05) is 60.7 Å². The van der Waals surface area contributed by atoms with Gasteiger partial charge in [0.1, 0.15) is 0 Å². The zero-order valence-corrected chi connectivity index (χ0v) is 12.2. The van der Waals surface area contributed by atoms with E-state index in [1.165, 1.54) is 0 Å². The number of rotatable bonds is 2. The third-order valence-electron chi connectivity index (χ3n) is 3.75. The van der Waals surface area contributed by atoms with Crippen molar-refractivity contribution in [2.75, 3.05) is 0 Å². The van der Waals surface area contributed by atoms with Crippen LogP contribution in [0, 0.1) is 0 Å². The van der Waals surface area contributed by atoms with Crippen LogP contribution in [0.1, 0.15) is 0 Å². The monoisotopic (exact) mass is 299 g/mol. The molecule has 23 heavy (non-hydrogen) atoms. The molecule has 0 atom stereocenters. The Morgan fingerprint density at radius 3 is 2.00 bits per heavy atom. The lowest BCUT2D eigenvalue weighted by Crippen LogP contribution is -2.12. The van der Waals surface area contributed by atoms with Gasteiger partial charge >= 0.3 is 5.69 Å². The highest BCUT2D eigenvalue weighted by Gasteiger charge is 2.12. The van der Waals surface area contributed by atoms with Crippen LogP contribution in [0.4, 0.5) is 0 Å². The minimum atomic E-state index is -0.374. The molecule has 4 rings (SSSR count). The lowest BCUT2D eigenvalue weighted by atomic mass is 10.0. The van der Waals surface area contributed by atoms with Gasteiger partial charge in [-0.2, -0.15) is 4.98 Å². The van der Waals surface area contributed by atoms with Gasteiger partial charge in [-0.3, -0.25) is 4.98 Å². The number of nitrogens with one attached hydrogen (secondary N) is 1. The van der Waals surface area contributed by atoms with E-state index in [-0.39, 0.29) is 5.69 Å². The molecule has 4 nitrogen and oxygen atoms in total. The van der Waals surface area contributed by atoms with Gasteiger partial charge < -0.3 is 4.98 Å². The van der Waals surface area contributed by atoms with Crippen LogP contribution >= 0.6 is 0 Å². The Labute approximate surface area is 132 Å². The summed E-state index contributed by atoms with van der Waals surface area (Å²) in [5.41, 5.74) is 3.62. The molecule has 0 aliphatic heterocycles. The predicted molar refractivity (Wildman–Crippen MR) is 91.0 cm³/mol. The molecule has 0 radical (unpaired) electrons. The van der Waals surface area contributed by atoms with E-state index >= 15 is 0 Å². The first-order chi connectivity index (χ1) is 11.3. The van der Waals surface area contributed by atoms with Crippen molar-refractivity contribution in [2.45, 2.75) is 0 Å². The summed E-state index contributed by atoms with van der Waals surface area (Å²) in [6, 6.07) is 21.4. The summed E-state index contributed by atoms with van der Waals surface area (Å²) in [4.78, 5) is 23.5. The van der Waals surface area contributed by atoms with Crippen molar-refractivity contribution in [3.8, 4) is 22.5 Å². The number of hydrogen-bond acceptors (Lipinski definition) is 3. The average molecular weight is 299 g/mol. The molecule has 0 fully saturated rings. The third-order valence-corrected chi connectivity index (χ3v) is 3.75. The van der Waals surface area contributed by atoms with E-state index in [9.17, 15) is 4.79 Å². The van der Waals surface area contributed by atoms with Gasteiger partial charge in [0.15, 0.2) is 0 Å². The van der Waals surface area contributed by atoms with Crippen LogP contribution < -0.4 is 5.69 Å². The SMILES string of the molecule is O=c1nc(-c2ccccc2)c2ccnc(-c3ccccc3)c2[nH]1. The summed E-state index contributed by atoms with van der Waals surface area (Å²) in [6.07, 6.45) is 1.75. The van der Waals surface area contributed by atoms with Crippen molar-refractivity contribution in [3.63, 3.8) is 0 Å². The number of H-pyrrole nitrogens is 1. The fraction of sp³-hybridized carbons (Fsp3) is 0. The van der Waals surface area contributed by atoms with E-state index in [1.54, 1.807) is 6.20 Å². The van der Waals surface area contributed by atoms with E-state index < -0.39 is 0 Å². The van der Waals surface area contributed by atoms with Crippen molar-refractivity contribution >= 4 is 10.9 Å². The molecular formula is C19H13N3O. The molecule has 0 aliphatic rings. The molecule has 1 N–H and O–H groups in total. The maximum atomic E-state index is 12.1. The second-order valence-electron chi connectivity index (χ2n) is 5.20. The van der Waals surface area contributed by atoms with Crippen LogP contribution in [0.15, 0.2) is 77.7 Å². The van der Waals surface area contributed by atoms with Crippen molar-refractivity contribution in [2.24, 2.45) is 0 Å². The largest absolute Gasteiger partial charge is 0.346 e. The number of fused-ring (bicyclic) bond motifs is 1. The fourth-order valence-electron chi connectivity index (χ4n) is 2.71. The molecule has 0 spiro atoms. The minimum Gasteiger partial charge on any atom is -0.303 e. The lowest BCUT2D eigenvalue weighted by molar-refractivity contribution is 1.12. The number of pyridine rings is 1. The highest BCUT2D eigenvalue weighted by Crippen LogP contribution is 2.29. The average Bonchev–Trinajstić information content (AvgIpc) is 2.62. The third kappa shape index (κ3) is 2.40. The highest BCUT2D eigenvalue weighted by atomic mass is 16.1. The van der Waals surface area contributed by atoms with Gasteiger partial charge in [0.25, 0.3) is 0 Å². The van der Waals surface area contributed by atoms with Crippen molar-refractivity contribution in [1.82, 2.24) is 15.0 Å². The Morgan fingerprint density at radius 1 is 0.739 bits per heavy atom. The Bertz CT molecular complexity index is 1020. The van der Waals surface area contributed by atoms with Crippen molar-refractivity contribution in [3.05, 3.63) is 83.4 Å². The van der Waals surface area contributed by atoms with E-state index in [0.29, 0.717) is 11.2 Å². The summed E-state index contributed by atoms with van der Waals surface area (Å²) >= 11 is 0. The van der Waals surface area contributed by atoms with Gasteiger partial charge in [0.2, 0.25) is 0 Å². The molecule has 0 saturated heterocycles. The van der Waals surface area contributed by atoms with Crippen LogP contribution in [0.5, 0.6) is 0 Å². The van der Waals surface area contributed by atoms with Crippen LogP contribution in [-0.4, -0.2) is 15.0 Å². The molecule has 4 aromatic rings. The Kier molecular flexibility index (Phi) is 3.20. The van der Waals surface area contributed by atoms with Crippen molar-refractivity contribution in [1.29, 1.82) is 0 Å². The number of nitrogens with zero attached hydrogens (tertiary/aromatic N) is 2. The normalized spacial score (nSPS) is 10.8. The highest BCUT2D eigenvalue weighted by molar-refractivity contribution is 5.98. The number of aromatic nitrogens is 3. The predicted octanol–water partition coefficient (Wildman–Crippen LogP) is 3.65. The quantitative estimate of drug-likeness (QED) is 0.614. The molecule has 0 bridgehead atoms. The molecule has 4 heteroatoms. The lowest BCUT2D eigenvalue weighted by Gasteiger charge is -2.09. The van der Waals surface area contributed by atoms with Crippen molar-refractivity contribution < 1.29 is 0 Å². The second-order valence-corrected chi connectivity index (χ2v) is 5.20. The molecule has 2 aromatic heterocycles. The summed E-state index contributed by atoms with van der Waals surface area (Å²) in [5.74, 6) is 0. The van der Waals surface area contributed by atoms with E-state index in [4.69, 9.17) is 0 Å². The molecule has 110 valence electrons. The topological polar surface area (TPSA) is 58.6 Å². The first-order valence-corrected chi connectivity index (χ1v) is 7.33. The summed E-state index contributed by atoms with van der Waals surface area (Å²) in [7, 11) is 0. The smallest absolute Gasteiger partial charge is 0.303 e. The Hall–Kier alpha value is -3.27. The van der Waals surface area contributed by atoms with Crippen LogP contribution in [0.3, 0.4) is 0 Å². The maximum absolute atomic E-state index is 12.1. The molecule has 0 unspecified atom stereocenters. The molecule has 0 aliphatic carbocycles. The van der Waals surface area contributed by atoms with Crippen LogP contribution in [-0.2, 0) is 0 Å². The van der Waals surface area contributed by atoms with Gasteiger partial charge in [-0.05, 0) is 6.07 Å². The first-order valence-electron chi connectivity index (χ1n) is 7.33. The molecule has 2 aromatic carbocycles. The molecular weight excluding hydrogens is 286 g/mol. The van der Waals surface area contributed by atoms with E-state index in [1.807, 2.05) is 66.7 Å². The number of hydrogen-bond donors (Lipinski definition) is 1. The maximum Gasteiger partial charge on any atom is 0.346 e. The molecule has 0 saturated carbocycles. The first kappa shape index (κ1) is 13.4. The van der Waals surface area contributed by atoms with Gasteiger partial charge in [0, 0.05) is 22.7 Å². The van der Waals surface area contributed by atoms with E-state index in [0.717, 1.165) is 22.2 Å². The standard InChI is InChI=1S/C19H13N3O/c23-19-21-16(13-7-3-1-4-8-13)15-11-12-20-17(18(15)22-19)14-9-5-2-6-10-14/h1-12H,(H,21,22,23). The fourth-order valence-corrected chi connectivity index (χ4v) is 2.71. The molecule has 0 amide bonds. The number of benzene rings is 2. The van der Waals surface area contributed by atoms with Gasteiger partial charge in [0.05, 0.1) is 16.9 Å². The van der Waals surface area contributed by atoms with Gasteiger partial charge in [-0.15, -0.1) is 0 Å². The second kappa shape index (κ2) is 5.50. The summed E-state index contributed by atoms with van der Waals surface area (Å²) in [6.45, 7) is 0. The van der Waals surface area contributed by atoms with E-state index in [2.05, 4.69) is 15.0 Å². The Balaban J connectivity index is 2.07. The molecule has 2 heterocycles. The summed E-state index contributed by atoms with van der Waals surface area (Å²) < 4.78 is 0. The van der Waals surface area contributed by atoms with Crippen LogP contribution in [0.25, 0.3) is 33.4 Å². The van der Waals surface area contributed by atoms with Gasteiger partial charge in [-0.25, -0.2) is 4.79 Å². The zero-order valence-electron chi connectivity index (χ0n) is 12.2. The Morgan fingerprint density at radius 2 is 1.35 bits per heavy atom. The zero-order chi connectivity index (χ0) is 15.6.